The number of fused-ring (bicyclic) bond motifs is 1. The number of rotatable bonds is 5. The molecule has 1 N–H and O–H groups in total. The van der Waals surface area contributed by atoms with Gasteiger partial charge in [-0.1, -0.05) is 35.3 Å². The number of halogens is 2. The van der Waals surface area contributed by atoms with Crippen molar-refractivity contribution in [3.8, 4) is 23.2 Å². The summed E-state index contributed by atoms with van der Waals surface area (Å²) in [5.41, 5.74) is 10.1. The minimum Gasteiger partial charge on any atom is -0.496 e. The summed E-state index contributed by atoms with van der Waals surface area (Å²) in [5.74, 6) is 2.14. The van der Waals surface area contributed by atoms with Gasteiger partial charge >= 0.3 is 0 Å². The van der Waals surface area contributed by atoms with Crippen molar-refractivity contribution in [2.45, 2.75) is 39.8 Å². The average molecular weight is 532 g/mol. The molecule has 0 amide bonds. The Kier molecular flexibility index (Phi) is 6.53. The second-order valence-corrected chi connectivity index (χ2v) is 10.3. The van der Waals surface area contributed by atoms with Crippen LogP contribution >= 0.6 is 23.2 Å². The van der Waals surface area contributed by atoms with E-state index in [2.05, 4.69) is 54.8 Å². The Balaban J connectivity index is 1.79. The van der Waals surface area contributed by atoms with Crippen molar-refractivity contribution in [3.05, 3.63) is 92.6 Å². The molecule has 1 atom stereocenters. The zero-order chi connectivity index (χ0) is 26.4. The number of benzene rings is 3. The number of nitrogens with one attached hydrogen (secondary N) is 1. The Morgan fingerprint density at radius 2 is 1.73 bits per heavy atom. The van der Waals surface area contributed by atoms with E-state index in [1.165, 1.54) is 0 Å². The molecule has 1 aliphatic rings. The van der Waals surface area contributed by atoms with E-state index in [1.54, 1.807) is 13.2 Å². The minimum absolute atomic E-state index is 0.0685. The lowest BCUT2D eigenvalue weighted by Crippen LogP contribution is -2.31. The molecule has 3 aromatic carbocycles. The molecular formula is C29H27Cl2N5O. The van der Waals surface area contributed by atoms with E-state index in [0.29, 0.717) is 21.4 Å². The molecular weight excluding hydrogens is 505 g/mol. The van der Waals surface area contributed by atoms with E-state index in [-0.39, 0.29) is 12.1 Å². The van der Waals surface area contributed by atoms with Crippen LogP contribution in [0.1, 0.15) is 53.9 Å². The van der Waals surface area contributed by atoms with E-state index in [4.69, 9.17) is 32.9 Å². The Morgan fingerprint density at radius 3 is 2.41 bits per heavy atom. The highest BCUT2D eigenvalue weighted by atomic mass is 35.5. The Bertz CT molecular complexity index is 1550. The van der Waals surface area contributed by atoms with Gasteiger partial charge in [0.2, 0.25) is 0 Å². The molecule has 0 radical (unpaired) electrons. The molecule has 2 heterocycles. The number of nitriles is 1. The number of aromatic nitrogens is 2. The molecule has 6 nitrogen and oxygen atoms in total. The first-order valence-corrected chi connectivity index (χ1v) is 12.8. The largest absolute Gasteiger partial charge is 0.496 e. The molecule has 4 aromatic rings. The highest BCUT2D eigenvalue weighted by Crippen LogP contribution is 2.48. The number of hydrogen-bond acceptors (Lipinski definition) is 5. The molecule has 0 spiro atoms. The van der Waals surface area contributed by atoms with Crippen LogP contribution in [0.4, 0.5) is 11.5 Å². The smallest absolute Gasteiger partial charge is 0.169 e. The molecule has 0 saturated carbocycles. The van der Waals surface area contributed by atoms with Crippen molar-refractivity contribution < 1.29 is 4.74 Å². The first-order chi connectivity index (χ1) is 17.7. The van der Waals surface area contributed by atoms with Gasteiger partial charge in [0.25, 0.3) is 0 Å². The van der Waals surface area contributed by atoms with Gasteiger partial charge in [0, 0.05) is 16.1 Å². The molecule has 188 valence electrons. The van der Waals surface area contributed by atoms with Crippen molar-refractivity contribution in [2.24, 2.45) is 0 Å². The number of ether oxygens (including phenoxy) is 1. The van der Waals surface area contributed by atoms with E-state index in [9.17, 15) is 5.26 Å². The Morgan fingerprint density at radius 1 is 1.00 bits per heavy atom. The Hall–Kier alpha value is -3.66. The van der Waals surface area contributed by atoms with Gasteiger partial charge in [-0.25, -0.2) is 4.98 Å². The summed E-state index contributed by atoms with van der Waals surface area (Å²) >= 11 is 12.8. The molecule has 1 aliphatic heterocycles. The SMILES string of the molecule is COc1ccc(C#N)cc1-c1nc2c(n1C(C)C)C(c1ccc(Cl)cc1C)N(c1cc(Cl)ccc1C)N2. The summed E-state index contributed by atoms with van der Waals surface area (Å²) in [5, 5.41) is 13.0. The summed E-state index contributed by atoms with van der Waals surface area (Å²) in [4.78, 5) is 5.08. The summed E-state index contributed by atoms with van der Waals surface area (Å²) in [6, 6.07) is 19.3. The first kappa shape index (κ1) is 25.0. The standard InChI is InChI=1S/C29H27Cl2N5O/c1-16(2)35-27-26(22-10-9-20(30)12-18(22)4)36(24-14-21(31)8-6-17(24)3)34-28(27)33-29(35)23-13-19(15-32)7-11-25(23)37-5/h6-14,16,26,34H,1-5H3. The van der Waals surface area contributed by atoms with Gasteiger partial charge < -0.3 is 9.30 Å². The zero-order valence-electron chi connectivity index (χ0n) is 21.3. The summed E-state index contributed by atoms with van der Waals surface area (Å²) in [7, 11) is 1.63. The highest BCUT2D eigenvalue weighted by Gasteiger charge is 2.40. The topological polar surface area (TPSA) is 66.1 Å². The van der Waals surface area contributed by atoms with Crippen LogP contribution in [0.3, 0.4) is 0 Å². The highest BCUT2D eigenvalue weighted by molar-refractivity contribution is 6.31. The number of aryl methyl sites for hydroxylation is 2. The minimum atomic E-state index is -0.210. The normalized spacial score (nSPS) is 14.5. The lowest BCUT2D eigenvalue weighted by molar-refractivity contribution is 0.415. The lowest BCUT2D eigenvalue weighted by atomic mass is 9.97. The van der Waals surface area contributed by atoms with E-state index in [0.717, 1.165) is 45.3 Å². The lowest BCUT2D eigenvalue weighted by Gasteiger charge is -2.31. The van der Waals surface area contributed by atoms with Crippen molar-refractivity contribution in [1.29, 1.82) is 5.26 Å². The van der Waals surface area contributed by atoms with E-state index >= 15 is 0 Å². The third kappa shape index (κ3) is 4.29. The van der Waals surface area contributed by atoms with Crippen LogP contribution in [0.5, 0.6) is 5.75 Å². The molecule has 0 fully saturated rings. The van der Waals surface area contributed by atoms with Crippen molar-refractivity contribution in [2.75, 3.05) is 17.5 Å². The van der Waals surface area contributed by atoms with Gasteiger partial charge in [-0.05, 0) is 86.8 Å². The molecule has 8 heteroatoms. The third-order valence-corrected chi connectivity index (χ3v) is 7.20. The first-order valence-electron chi connectivity index (χ1n) is 12.0. The van der Waals surface area contributed by atoms with Crippen LogP contribution in [0, 0.1) is 25.2 Å². The van der Waals surface area contributed by atoms with Crippen LogP contribution < -0.4 is 15.2 Å². The quantitative estimate of drug-likeness (QED) is 0.283. The zero-order valence-corrected chi connectivity index (χ0v) is 22.8. The predicted molar refractivity (Wildman–Crippen MR) is 150 cm³/mol. The van der Waals surface area contributed by atoms with Gasteiger partial charge in [-0.2, -0.15) is 5.26 Å². The second-order valence-electron chi connectivity index (χ2n) is 9.48. The maximum absolute atomic E-state index is 9.56. The van der Waals surface area contributed by atoms with Gasteiger partial charge in [0.15, 0.2) is 5.82 Å². The number of methoxy groups -OCH3 is 1. The van der Waals surface area contributed by atoms with Crippen molar-refractivity contribution >= 4 is 34.7 Å². The molecule has 5 rings (SSSR count). The Labute approximate surface area is 227 Å². The fraction of sp³-hybridized carbons (Fsp3) is 0.241. The fourth-order valence-corrected chi connectivity index (χ4v) is 5.42. The van der Waals surface area contributed by atoms with E-state index < -0.39 is 0 Å². The molecule has 1 unspecified atom stereocenters. The molecule has 37 heavy (non-hydrogen) atoms. The van der Waals surface area contributed by atoms with Crippen LogP contribution in [0.2, 0.25) is 10.0 Å². The number of imidazole rings is 1. The molecule has 0 saturated heterocycles. The van der Waals surface area contributed by atoms with Gasteiger partial charge in [0.1, 0.15) is 17.6 Å². The summed E-state index contributed by atoms with van der Waals surface area (Å²) in [6.45, 7) is 8.39. The second kappa shape index (κ2) is 9.66. The summed E-state index contributed by atoms with van der Waals surface area (Å²) in [6.07, 6.45) is 0. The van der Waals surface area contributed by atoms with Gasteiger partial charge in [0.05, 0.1) is 35.7 Å². The van der Waals surface area contributed by atoms with Crippen LogP contribution in [0.15, 0.2) is 54.6 Å². The third-order valence-electron chi connectivity index (χ3n) is 6.73. The molecule has 0 bridgehead atoms. The molecule has 0 aliphatic carbocycles. The number of hydrogen-bond donors (Lipinski definition) is 1. The maximum Gasteiger partial charge on any atom is 0.169 e. The van der Waals surface area contributed by atoms with E-state index in [1.807, 2.05) is 42.5 Å². The molecule has 1 aromatic heterocycles. The van der Waals surface area contributed by atoms with Gasteiger partial charge in [-0.3, -0.25) is 10.4 Å². The van der Waals surface area contributed by atoms with Crippen LogP contribution in [-0.2, 0) is 0 Å². The number of hydrazine groups is 1. The number of nitrogens with zero attached hydrogens (tertiary/aromatic N) is 4. The van der Waals surface area contributed by atoms with Crippen LogP contribution in [-0.4, -0.2) is 16.7 Å². The average Bonchev–Trinajstić information content (AvgIpc) is 3.41. The van der Waals surface area contributed by atoms with Crippen LogP contribution in [0.25, 0.3) is 11.4 Å². The fourth-order valence-electron chi connectivity index (χ4n) is 5.03. The number of anilines is 2. The monoisotopic (exact) mass is 531 g/mol. The maximum atomic E-state index is 9.56. The van der Waals surface area contributed by atoms with Crippen molar-refractivity contribution in [3.63, 3.8) is 0 Å². The predicted octanol–water partition coefficient (Wildman–Crippen LogP) is 7.87. The summed E-state index contributed by atoms with van der Waals surface area (Å²) < 4.78 is 7.90. The van der Waals surface area contributed by atoms with Crippen molar-refractivity contribution in [1.82, 2.24) is 9.55 Å². The van der Waals surface area contributed by atoms with Gasteiger partial charge in [-0.15, -0.1) is 0 Å².